The molecule has 2 unspecified atom stereocenters. The Bertz CT molecular complexity index is 445. The van der Waals surface area contributed by atoms with Gasteiger partial charge in [0.05, 0.1) is 12.2 Å². The second-order valence-electron chi connectivity index (χ2n) is 4.21. The molecule has 0 amide bonds. The van der Waals surface area contributed by atoms with Gasteiger partial charge in [-0.25, -0.2) is 4.98 Å². The van der Waals surface area contributed by atoms with Crippen molar-refractivity contribution in [3.63, 3.8) is 0 Å². The predicted octanol–water partition coefficient (Wildman–Crippen LogP) is 2.04. The van der Waals surface area contributed by atoms with Crippen LogP contribution in [0.5, 0.6) is 0 Å². The van der Waals surface area contributed by atoms with Crippen LogP contribution in [0.1, 0.15) is 44.2 Å². The van der Waals surface area contributed by atoms with E-state index in [2.05, 4.69) is 47.4 Å². The van der Waals surface area contributed by atoms with Crippen LogP contribution < -0.4 is 5.32 Å². The van der Waals surface area contributed by atoms with Crippen LogP contribution in [0.2, 0.25) is 0 Å². The van der Waals surface area contributed by atoms with Crippen molar-refractivity contribution in [2.24, 2.45) is 0 Å². The zero-order chi connectivity index (χ0) is 12.3. The molecule has 17 heavy (non-hydrogen) atoms. The number of hydrogen-bond donors (Lipinski definition) is 2. The monoisotopic (exact) mass is 233 g/mol. The number of rotatable bonds is 5. The van der Waals surface area contributed by atoms with Crippen molar-refractivity contribution in [1.82, 2.24) is 25.1 Å². The molecule has 92 valence electrons. The summed E-state index contributed by atoms with van der Waals surface area (Å²) in [6.45, 7) is 7.22. The lowest BCUT2D eigenvalue weighted by atomic mass is 10.1. The van der Waals surface area contributed by atoms with Gasteiger partial charge < -0.3 is 10.3 Å². The zero-order valence-corrected chi connectivity index (χ0v) is 10.5. The average molecular weight is 233 g/mol. The fraction of sp³-hybridized carbons (Fsp3) is 0.500. The average Bonchev–Trinajstić information content (AvgIpc) is 3.00. The summed E-state index contributed by atoms with van der Waals surface area (Å²) in [5.74, 6) is 0.958. The molecule has 2 heterocycles. The third kappa shape index (κ3) is 2.74. The minimum absolute atomic E-state index is 0.199. The molecule has 0 aliphatic carbocycles. The van der Waals surface area contributed by atoms with Crippen LogP contribution in [0.3, 0.4) is 0 Å². The summed E-state index contributed by atoms with van der Waals surface area (Å²) < 4.78 is 1.94. The van der Waals surface area contributed by atoms with E-state index in [4.69, 9.17) is 0 Å². The van der Waals surface area contributed by atoms with Gasteiger partial charge in [-0.3, -0.25) is 4.68 Å². The minimum Gasteiger partial charge on any atom is -0.347 e. The van der Waals surface area contributed by atoms with E-state index < -0.39 is 0 Å². The number of H-pyrrole nitrogens is 1. The standard InChI is InChI=1S/C12H19N5/c1-4-17-8-11(7-15-17)9(2)16-10(3)12-13-5-6-14-12/h5-10,16H,4H2,1-3H3,(H,13,14). The van der Waals surface area contributed by atoms with Crippen LogP contribution in [0.25, 0.3) is 0 Å². The maximum atomic E-state index is 4.28. The Morgan fingerprint density at radius 3 is 2.82 bits per heavy atom. The van der Waals surface area contributed by atoms with E-state index in [9.17, 15) is 0 Å². The molecule has 0 aliphatic rings. The number of nitrogens with zero attached hydrogens (tertiary/aromatic N) is 3. The highest BCUT2D eigenvalue weighted by Crippen LogP contribution is 2.16. The van der Waals surface area contributed by atoms with Gasteiger partial charge in [0, 0.05) is 36.7 Å². The lowest BCUT2D eigenvalue weighted by Gasteiger charge is -2.17. The van der Waals surface area contributed by atoms with Crippen LogP contribution in [0, 0.1) is 0 Å². The Labute approximate surface area is 101 Å². The Morgan fingerprint density at radius 1 is 1.41 bits per heavy atom. The molecular formula is C12H19N5. The van der Waals surface area contributed by atoms with Gasteiger partial charge >= 0.3 is 0 Å². The van der Waals surface area contributed by atoms with Crippen LogP contribution in [0.4, 0.5) is 0 Å². The summed E-state index contributed by atoms with van der Waals surface area (Å²) in [6.07, 6.45) is 7.60. The maximum absolute atomic E-state index is 4.28. The summed E-state index contributed by atoms with van der Waals surface area (Å²) in [4.78, 5) is 7.36. The molecule has 0 radical (unpaired) electrons. The Morgan fingerprint density at radius 2 is 2.24 bits per heavy atom. The largest absolute Gasteiger partial charge is 0.347 e. The fourth-order valence-electron chi connectivity index (χ4n) is 1.84. The first-order chi connectivity index (χ1) is 8.20. The lowest BCUT2D eigenvalue weighted by molar-refractivity contribution is 0.479. The minimum atomic E-state index is 0.199. The Kier molecular flexibility index (Phi) is 3.58. The molecule has 0 saturated carbocycles. The molecule has 0 fully saturated rings. The molecule has 2 aromatic rings. The van der Waals surface area contributed by atoms with Gasteiger partial charge in [0.1, 0.15) is 5.82 Å². The van der Waals surface area contributed by atoms with Gasteiger partial charge in [0.2, 0.25) is 0 Å². The zero-order valence-electron chi connectivity index (χ0n) is 10.5. The van der Waals surface area contributed by atoms with Crippen molar-refractivity contribution in [3.8, 4) is 0 Å². The molecule has 0 saturated heterocycles. The molecule has 5 nitrogen and oxygen atoms in total. The Balaban J connectivity index is 1.99. The molecule has 2 N–H and O–H groups in total. The molecule has 5 heteroatoms. The molecule has 0 aromatic carbocycles. The summed E-state index contributed by atoms with van der Waals surface area (Å²) in [5, 5.41) is 7.77. The van der Waals surface area contributed by atoms with E-state index in [1.165, 1.54) is 5.56 Å². The summed E-state index contributed by atoms with van der Waals surface area (Å²) in [7, 11) is 0. The summed E-state index contributed by atoms with van der Waals surface area (Å²) >= 11 is 0. The van der Waals surface area contributed by atoms with Gasteiger partial charge in [0.15, 0.2) is 0 Å². The predicted molar refractivity (Wildman–Crippen MR) is 66.5 cm³/mol. The van der Waals surface area contributed by atoms with Gasteiger partial charge in [-0.1, -0.05) is 0 Å². The van der Waals surface area contributed by atoms with Gasteiger partial charge in [0.25, 0.3) is 0 Å². The number of imidazole rings is 1. The van der Waals surface area contributed by atoms with E-state index in [0.717, 1.165) is 12.4 Å². The number of nitrogens with one attached hydrogen (secondary N) is 2. The number of hydrogen-bond acceptors (Lipinski definition) is 3. The molecule has 2 rings (SSSR count). The molecule has 2 atom stereocenters. The molecular weight excluding hydrogens is 214 g/mol. The Hall–Kier alpha value is -1.62. The van der Waals surface area contributed by atoms with Crippen molar-refractivity contribution < 1.29 is 0 Å². The van der Waals surface area contributed by atoms with Gasteiger partial charge in [-0.05, 0) is 20.8 Å². The maximum Gasteiger partial charge on any atom is 0.122 e. The van der Waals surface area contributed by atoms with Gasteiger partial charge in [-0.15, -0.1) is 0 Å². The second kappa shape index (κ2) is 5.14. The molecule has 0 spiro atoms. The normalized spacial score (nSPS) is 14.8. The summed E-state index contributed by atoms with van der Waals surface area (Å²) in [6, 6.07) is 0.459. The third-order valence-corrected chi connectivity index (χ3v) is 2.91. The van der Waals surface area contributed by atoms with Crippen LogP contribution in [-0.4, -0.2) is 19.7 Å². The lowest BCUT2D eigenvalue weighted by Crippen LogP contribution is -2.23. The number of aromatic amines is 1. The summed E-state index contributed by atoms with van der Waals surface area (Å²) in [5.41, 5.74) is 1.20. The molecule has 0 bridgehead atoms. The van der Waals surface area contributed by atoms with E-state index in [0.29, 0.717) is 0 Å². The first-order valence-corrected chi connectivity index (χ1v) is 5.98. The van der Waals surface area contributed by atoms with Gasteiger partial charge in [-0.2, -0.15) is 5.10 Å². The third-order valence-electron chi connectivity index (χ3n) is 2.91. The number of aryl methyl sites for hydroxylation is 1. The van der Waals surface area contributed by atoms with Crippen molar-refractivity contribution in [2.45, 2.75) is 39.4 Å². The number of aromatic nitrogens is 4. The van der Waals surface area contributed by atoms with Crippen LogP contribution in [-0.2, 0) is 6.54 Å². The van der Waals surface area contributed by atoms with Crippen molar-refractivity contribution in [2.75, 3.05) is 0 Å². The first-order valence-electron chi connectivity index (χ1n) is 5.98. The topological polar surface area (TPSA) is 58.5 Å². The van der Waals surface area contributed by atoms with E-state index in [-0.39, 0.29) is 12.1 Å². The highest BCUT2D eigenvalue weighted by molar-refractivity contribution is 5.10. The SMILES string of the molecule is CCn1cc(C(C)NC(C)c2ncc[nH]2)cn1. The highest BCUT2D eigenvalue weighted by atomic mass is 15.3. The van der Waals surface area contributed by atoms with Crippen LogP contribution in [0.15, 0.2) is 24.8 Å². The van der Waals surface area contributed by atoms with Crippen LogP contribution >= 0.6 is 0 Å². The van der Waals surface area contributed by atoms with Crippen molar-refractivity contribution in [1.29, 1.82) is 0 Å². The second-order valence-corrected chi connectivity index (χ2v) is 4.21. The highest BCUT2D eigenvalue weighted by Gasteiger charge is 2.13. The van der Waals surface area contributed by atoms with Crippen molar-refractivity contribution in [3.05, 3.63) is 36.2 Å². The molecule has 0 aliphatic heterocycles. The molecule has 2 aromatic heterocycles. The van der Waals surface area contributed by atoms with E-state index in [1.807, 2.05) is 17.1 Å². The van der Waals surface area contributed by atoms with E-state index in [1.54, 1.807) is 6.20 Å². The quantitative estimate of drug-likeness (QED) is 0.830. The smallest absolute Gasteiger partial charge is 0.122 e. The first kappa shape index (κ1) is 11.9. The van der Waals surface area contributed by atoms with E-state index >= 15 is 0 Å². The fourth-order valence-corrected chi connectivity index (χ4v) is 1.84. The van der Waals surface area contributed by atoms with Crippen molar-refractivity contribution >= 4 is 0 Å².